The lowest BCUT2D eigenvalue weighted by atomic mass is 10.0. The van der Waals surface area contributed by atoms with Crippen molar-refractivity contribution in [3.05, 3.63) is 88.9 Å². The zero-order valence-corrected chi connectivity index (χ0v) is 21.5. The van der Waals surface area contributed by atoms with E-state index in [4.69, 9.17) is 27.9 Å². The Kier molecular flexibility index (Phi) is 10.2. The average Bonchev–Trinajstić information content (AvgIpc) is 2.85. The van der Waals surface area contributed by atoms with Crippen molar-refractivity contribution in [3.63, 3.8) is 0 Å². The van der Waals surface area contributed by atoms with E-state index in [1.165, 1.54) is 5.56 Å². The van der Waals surface area contributed by atoms with Crippen LogP contribution in [0.3, 0.4) is 0 Å². The van der Waals surface area contributed by atoms with Crippen LogP contribution in [0, 0.1) is 6.92 Å². The van der Waals surface area contributed by atoms with Gasteiger partial charge in [0.25, 0.3) is 0 Å². The maximum atomic E-state index is 12.7. The second-order valence-corrected chi connectivity index (χ2v) is 9.78. The van der Waals surface area contributed by atoms with Crippen molar-refractivity contribution in [1.29, 1.82) is 0 Å². The van der Waals surface area contributed by atoms with Gasteiger partial charge >= 0.3 is 5.97 Å². The van der Waals surface area contributed by atoms with Crippen LogP contribution in [0.4, 0.5) is 5.69 Å². The summed E-state index contributed by atoms with van der Waals surface area (Å²) in [5, 5.41) is 3.27. The maximum Gasteiger partial charge on any atom is 0.307 e. The van der Waals surface area contributed by atoms with Crippen molar-refractivity contribution in [3.8, 4) is 0 Å². The molecule has 0 heterocycles. The highest BCUT2D eigenvalue weighted by Crippen LogP contribution is 2.28. The van der Waals surface area contributed by atoms with Crippen molar-refractivity contribution in [2.45, 2.75) is 42.1 Å². The van der Waals surface area contributed by atoms with Gasteiger partial charge in [0.1, 0.15) is 0 Å². The van der Waals surface area contributed by atoms with Gasteiger partial charge in [-0.3, -0.25) is 14.4 Å². The molecule has 182 valence electrons. The number of halogens is 2. The van der Waals surface area contributed by atoms with Crippen LogP contribution in [0.25, 0.3) is 0 Å². The van der Waals surface area contributed by atoms with Crippen LogP contribution in [-0.4, -0.2) is 29.6 Å². The number of rotatable bonds is 11. The van der Waals surface area contributed by atoms with Gasteiger partial charge in [0, 0.05) is 44.8 Å². The third-order valence-electron chi connectivity index (χ3n) is 5.02. The summed E-state index contributed by atoms with van der Waals surface area (Å²) in [4.78, 5) is 39.4. The van der Waals surface area contributed by atoms with E-state index in [9.17, 15) is 14.4 Å². The molecule has 35 heavy (non-hydrogen) atoms. The molecule has 0 fully saturated rings. The lowest BCUT2D eigenvalue weighted by Crippen LogP contribution is -2.28. The number of nitrogens with one attached hydrogen (secondary N) is 1. The molecule has 0 aliphatic rings. The molecule has 8 heteroatoms. The van der Waals surface area contributed by atoms with Gasteiger partial charge in [-0.05, 0) is 67.6 Å². The fourth-order valence-corrected chi connectivity index (χ4v) is 4.29. The number of Topliss-reactive ketones (excluding diaryl/α,β-unsaturated/α-hetero) is 1. The molecule has 1 atom stereocenters. The molecule has 0 aliphatic carbocycles. The predicted octanol–water partition coefficient (Wildman–Crippen LogP) is 6.94. The van der Waals surface area contributed by atoms with Gasteiger partial charge in [-0.25, -0.2) is 0 Å². The first-order valence-corrected chi connectivity index (χ1v) is 12.8. The number of amides is 1. The molecule has 0 spiro atoms. The smallest absolute Gasteiger partial charge is 0.307 e. The minimum Gasteiger partial charge on any atom is -0.454 e. The predicted molar refractivity (Wildman–Crippen MR) is 141 cm³/mol. The van der Waals surface area contributed by atoms with E-state index in [-0.39, 0.29) is 36.8 Å². The SMILES string of the molecule is Cc1ccc(Sc2ccc(NC(=O)CCC(=O)OC(CCCl)C(=O)c3ccc(Cl)cc3)cc2)cc1. The molecular weight excluding hydrogens is 505 g/mol. The summed E-state index contributed by atoms with van der Waals surface area (Å²) in [6, 6.07) is 22.0. The van der Waals surface area contributed by atoms with E-state index in [1.807, 2.05) is 31.2 Å². The number of carbonyl (C=O) groups excluding carboxylic acids is 3. The molecule has 1 N–H and O–H groups in total. The first-order chi connectivity index (χ1) is 16.8. The number of benzene rings is 3. The lowest BCUT2D eigenvalue weighted by Gasteiger charge is -2.16. The fraction of sp³-hybridized carbons (Fsp3) is 0.222. The third-order valence-corrected chi connectivity index (χ3v) is 6.50. The first kappa shape index (κ1) is 26.8. The zero-order chi connectivity index (χ0) is 25.2. The fourth-order valence-electron chi connectivity index (χ4n) is 3.15. The van der Waals surface area contributed by atoms with Crippen LogP contribution in [0.1, 0.15) is 35.2 Å². The summed E-state index contributed by atoms with van der Waals surface area (Å²) < 4.78 is 5.33. The molecule has 0 saturated heterocycles. The number of aryl methyl sites for hydroxylation is 1. The third kappa shape index (κ3) is 8.73. The molecule has 1 unspecified atom stereocenters. The van der Waals surface area contributed by atoms with Crippen molar-refractivity contribution in [2.24, 2.45) is 0 Å². The second-order valence-electron chi connectivity index (χ2n) is 7.81. The Labute approximate surface area is 219 Å². The van der Waals surface area contributed by atoms with Crippen LogP contribution >= 0.6 is 35.0 Å². The topological polar surface area (TPSA) is 72.5 Å². The molecule has 0 aliphatic heterocycles. The standard InChI is InChI=1S/C27H25Cl2NO4S/c1-18-2-10-22(11-3-18)35-23-12-8-21(9-13-23)30-25(31)14-15-26(32)34-24(16-17-28)27(33)19-4-6-20(29)7-5-19/h2-13,24H,14-17H2,1H3,(H,30,31). The molecule has 0 bridgehead atoms. The summed E-state index contributed by atoms with van der Waals surface area (Å²) in [7, 11) is 0. The van der Waals surface area contributed by atoms with Crippen LogP contribution < -0.4 is 5.32 Å². The summed E-state index contributed by atoms with van der Waals surface area (Å²) in [5.74, 6) is -1.17. The Balaban J connectivity index is 1.47. The van der Waals surface area contributed by atoms with Crippen LogP contribution in [0.15, 0.2) is 82.6 Å². The molecule has 1 amide bonds. The largest absolute Gasteiger partial charge is 0.454 e. The molecular formula is C27H25Cl2NO4S. The van der Waals surface area contributed by atoms with Gasteiger partial charge in [-0.15, -0.1) is 11.6 Å². The Morgan fingerprint density at radius 3 is 2.09 bits per heavy atom. The first-order valence-electron chi connectivity index (χ1n) is 11.0. The minimum absolute atomic E-state index is 0.0680. The summed E-state index contributed by atoms with van der Waals surface area (Å²) in [6.45, 7) is 2.05. The van der Waals surface area contributed by atoms with E-state index in [2.05, 4.69) is 29.6 Å². The number of carbonyl (C=O) groups is 3. The van der Waals surface area contributed by atoms with Crippen LogP contribution in [-0.2, 0) is 14.3 Å². The van der Waals surface area contributed by atoms with Crippen molar-refractivity contribution >= 4 is 58.3 Å². The van der Waals surface area contributed by atoms with Gasteiger partial charge in [-0.1, -0.05) is 41.1 Å². The molecule has 0 radical (unpaired) electrons. The van der Waals surface area contributed by atoms with E-state index >= 15 is 0 Å². The van der Waals surface area contributed by atoms with Gasteiger partial charge in [0.15, 0.2) is 6.10 Å². The Bertz CT molecular complexity index is 1150. The minimum atomic E-state index is -1.01. The number of alkyl halides is 1. The number of hydrogen-bond acceptors (Lipinski definition) is 5. The Morgan fingerprint density at radius 1 is 0.886 bits per heavy atom. The van der Waals surface area contributed by atoms with Crippen LogP contribution in [0.2, 0.25) is 5.02 Å². The van der Waals surface area contributed by atoms with Crippen molar-refractivity contribution in [2.75, 3.05) is 11.2 Å². The highest BCUT2D eigenvalue weighted by Gasteiger charge is 2.24. The average molecular weight is 530 g/mol. The molecule has 0 aromatic heterocycles. The van der Waals surface area contributed by atoms with Gasteiger partial charge in [0.2, 0.25) is 11.7 Å². The number of ether oxygens (including phenoxy) is 1. The lowest BCUT2D eigenvalue weighted by molar-refractivity contribution is -0.148. The van der Waals surface area contributed by atoms with Gasteiger partial charge in [0.05, 0.1) is 6.42 Å². The maximum absolute atomic E-state index is 12.7. The summed E-state index contributed by atoms with van der Waals surface area (Å²) >= 11 is 13.3. The number of esters is 1. The number of hydrogen-bond donors (Lipinski definition) is 1. The highest BCUT2D eigenvalue weighted by molar-refractivity contribution is 7.99. The molecule has 5 nitrogen and oxygen atoms in total. The molecule has 3 aromatic carbocycles. The van der Waals surface area contributed by atoms with E-state index in [0.717, 1.165) is 9.79 Å². The van der Waals surface area contributed by atoms with Crippen LogP contribution in [0.5, 0.6) is 0 Å². The Hall–Kier alpha value is -2.80. The zero-order valence-electron chi connectivity index (χ0n) is 19.1. The monoisotopic (exact) mass is 529 g/mol. The second kappa shape index (κ2) is 13.3. The summed E-state index contributed by atoms with van der Waals surface area (Å²) in [5.41, 5.74) is 2.22. The van der Waals surface area contributed by atoms with E-state index in [0.29, 0.717) is 16.3 Å². The highest BCUT2D eigenvalue weighted by atomic mass is 35.5. The van der Waals surface area contributed by atoms with E-state index in [1.54, 1.807) is 36.0 Å². The summed E-state index contributed by atoms with van der Waals surface area (Å²) in [6.07, 6.45) is -1.06. The van der Waals surface area contributed by atoms with Gasteiger partial charge < -0.3 is 10.1 Å². The quantitative estimate of drug-likeness (QED) is 0.165. The molecule has 3 aromatic rings. The van der Waals surface area contributed by atoms with Crippen molar-refractivity contribution < 1.29 is 19.1 Å². The van der Waals surface area contributed by atoms with E-state index < -0.39 is 12.1 Å². The molecule has 0 saturated carbocycles. The normalized spacial score (nSPS) is 11.5. The number of anilines is 1. The molecule has 3 rings (SSSR count). The number of ketones is 1. The van der Waals surface area contributed by atoms with Crippen molar-refractivity contribution in [1.82, 2.24) is 0 Å². The Morgan fingerprint density at radius 2 is 1.49 bits per heavy atom. The van der Waals surface area contributed by atoms with Gasteiger partial charge in [-0.2, -0.15) is 0 Å².